The Kier molecular flexibility index (Phi) is 5.22. The average Bonchev–Trinajstić information content (AvgIpc) is 2.50. The van der Waals surface area contributed by atoms with Crippen LogP contribution in [-0.2, 0) is 0 Å². The lowest BCUT2D eigenvalue weighted by Gasteiger charge is -2.30. The predicted molar refractivity (Wildman–Crippen MR) is 71.2 cm³/mol. The van der Waals surface area contributed by atoms with Crippen molar-refractivity contribution < 1.29 is 23.1 Å². The Morgan fingerprint density at radius 1 is 1.14 bits per heavy atom. The maximum absolute atomic E-state index is 13.5. The lowest BCUT2D eigenvalue weighted by molar-refractivity contribution is 0.0904. The van der Waals surface area contributed by atoms with Gasteiger partial charge in [-0.05, 0) is 36.8 Å². The third kappa shape index (κ3) is 3.56. The second-order valence-corrected chi connectivity index (χ2v) is 5.42. The number of hydrogen-bond acceptors (Lipinski definition) is 2. The van der Waals surface area contributed by atoms with E-state index in [-0.39, 0.29) is 18.4 Å². The number of carbonyl (C=O) groups is 1. The van der Waals surface area contributed by atoms with Crippen molar-refractivity contribution in [3.8, 4) is 0 Å². The molecule has 1 amide bonds. The van der Waals surface area contributed by atoms with Crippen LogP contribution in [0.1, 0.15) is 36.0 Å². The maximum atomic E-state index is 13.5. The van der Waals surface area contributed by atoms with E-state index in [1.165, 1.54) is 0 Å². The van der Waals surface area contributed by atoms with E-state index in [9.17, 15) is 23.1 Å². The third-order valence-electron chi connectivity index (χ3n) is 4.11. The maximum Gasteiger partial charge on any atom is 0.254 e. The second kappa shape index (κ2) is 6.93. The third-order valence-corrected chi connectivity index (χ3v) is 4.11. The Labute approximate surface area is 121 Å². The number of amides is 1. The summed E-state index contributed by atoms with van der Waals surface area (Å²) in [5, 5.41) is 11.8. The van der Waals surface area contributed by atoms with E-state index in [1.54, 1.807) is 0 Å². The number of carbonyl (C=O) groups excluding carboxylic acids is 1. The van der Waals surface area contributed by atoms with E-state index in [0.717, 1.165) is 37.8 Å². The molecule has 1 saturated carbocycles. The lowest BCUT2D eigenvalue weighted by atomic mass is 9.79. The number of nitrogens with one attached hydrogen (secondary N) is 1. The van der Waals surface area contributed by atoms with E-state index >= 15 is 0 Å². The lowest BCUT2D eigenvalue weighted by Crippen LogP contribution is -2.35. The van der Waals surface area contributed by atoms with Gasteiger partial charge in [-0.25, -0.2) is 13.2 Å². The van der Waals surface area contributed by atoms with Crippen molar-refractivity contribution in [1.82, 2.24) is 5.32 Å². The number of hydrogen-bond donors (Lipinski definition) is 2. The van der Waals surface area contributed by atoms with Gasteiger partial charge in [0.25, 0.3) is 5.91 Å². The highest BCUT2D eigenvalue weighted by molar-refractivity contribution is 5.94. The van der Waals surface area contributed by atoms with Crippen LogP contribution >= 0.6 is 0 Å². The first kappa shape index (κ1) is 15.8. The van der Waals surface area contributed by atoms with Gasteiger partial charge in [-0.3, -0.25) is 4.79 Å². The van der Waals surface area contributed by atoms with Crippen LogP contribution in [0, 0.1) is 29.3 Å². The molecule has 0 radical (unpaired) electrons. The first-order valence-corrected chi connectivity index (χ1v) is 7.07. The zero-order valence-electron chi connectivity index (χ0n) is 11.5. The van der Waals surface area contributed by atoms with Gasteiger partial charge in [0.2, 0.25) is 0 Å². The van der Waals surface area contributed by atoms with Crippen LogP contribution in [-0.4, -0.2) is 24.2 Å². The summed E-state index contributed by atoms with van der Waals surface area (Å²) < 4.78 is 39.4. The van der Waals surface area contributed by atoms with Gasteiger partial charge >= 0.3 is 0 Å². The summed E-state index contributed by atoms with van der Waals surface area (Å²) in [5.41, 5.74) is -0.509. The highest BCUT2D eigenvalue weighted by Gasteiger charge is 2.25. The molecule has 116 valence electrons. The Bertz CT molecular complexity index is 522. The molecule has 6 heteroatoms. The van der Waals surface area contributed by atoms with Crippen molar-refractivity contribution in [3.63, 3.8) is 0 Å². The molecular formula is C15H18F3NO2. The average molecular weight is 301 g/mol. The number of rotatable bonds is 4. The zero-order chi connectivity index (χ0) is 15.4. The molecule has 0 bridgehead atoms. The van der Waals surface area contributed by atoms with Crippen LogP contribution in [0.3, 0.4) is 0 Å². The quantitative estimate of drug-likeness (QED) is 0.840. The molecule has 1 aliphatic carbocycles. The first-order valence-electron chi connectivity index (χ1n) is 7.07. The largest absolute Gasteiger partial charge is 0.396 e. The fourth-order valence-corrected chi connectivity index (χ4v) is 2.81. The number of aliphatic hydroxyl groups excluding tert-OH is 1. The molecule has 0 aromatic heterocycles. The minimum absolute atomic E-state index is 0.0556. The normalized spacial score (nSPS) is 22.1. The summed E-state index contributed by atoms with van der Waals surface area (Å²) in [7, 11) is 0. The molecule has 1 fully saturated rings. The number of aliphatic hydroxyl groups is 1. The second-order valence-electron chi connectivity index (χ2n) is 5.42. The van der Waals surface area contributed by atoms with Gasteiger partial charge in [0, 0.05) is 13.2 Å². The van der Waals surface area contributed by atoms with Crippen LogP contribution in [0.25, 0.3) is 0 Å². The van der Waals surface area contributed by atoms with Crippen molar-refractivity contribution in [2.24, 2.45) is 11.8 Å². The molecular weight excluding hydrogens is 283 g/mol. The smallest absolute Gasteiger partial charge is 0.254 e. The summed E-state index contributed by atoms with van der Waals surface area (Å²) in [6.45, 7) is 0.350. The van der Waals surface area contributed by atoms with Crippen molar-refractivity contribution in [2.45, 2.75) is 25.7 Å². The standard InChI is InChI=1S/C15H18F3NO2/c16-12-6-5-11(13(17)14(12)18)15(21)19-7-9-3-1-2-4-10(9)8-20/h5-6,9-10,20H,1-4,7-8H2,(H,19,21). The fraction of sp³-hybridized carbons (Fsp3) is 0.533. The molecule has 1 aliphatic rings. The summed E-state index contributed by atoms with van der Waals surface area (Å²) in [6.07, 6.45) is 3.85. The summed E-state index contributed by atoms with van der Waals surface area (Å²) in [4.78, 5) is 11.9. The zero-order valence-corrected chi connectivity index (χ0v) is 11.5. The molecule has 2 atom stereocenters. The van der Waals surface area contributed by atoms with Gasteiger partial charge in [0.15, 0.2) is 17.5 Å². The van der Waals surface area contributed by atoms with Crippen LogP contribution < -0.4 is 5.32 Å². The Morgan fingerprint density at radius 2 is 1.81 bits per heavy atom. The van der Waals surface area contributed by atoms with Gasteiger partial charge in [-0.1, -0.05) is 12.8 Å². The van der Waals surface area contributed by atoms with Crippen LogP contribution in [0.4, 0.5) is 13.2 Å². The summed E-state index contributed by atoms with van der Waals surface area (Å²) in [6, 6.07) is 1.65. The van der Waals surface area contributed by atoms with Crippen molar-refractivity contribution >= 4 is 5.91 Å². The molecule has 2 unspecified atom stereocenters. The Hall–Kier alpha value is -1.56. The van der Waals surface area contributed by atoms with Crippen molar-refractivity contribution in [2.75, 3.05) is 13.2 Å². The highest BCUT2D eigenvalue weighted by Crippen LogP contribution is 2.29. The van der Waals surface area contributed by atoms with E-state index in [4.69, 9.17) is 0 Å². The summed E-state index contributed by atoms with van der Waals surface area (Å²) in [5.74, 6) is -4.97. The van der Waals surface area contributed by atoms with Crippen molar-refractivity contribution in [1.29, 1.82) is 0 Å². The monoisotopic (exact) mass is 301 g/mol. The van der Waals surface area contributed by atoms with Gasteiger partial charge in [-0.15, -0.1) is 0 Å². The molecule has 0 spiro atoms. The Morgan fingerprint density at radius 3 is 2.48 bits per heavy atom. The molecule has 3 nitrogen and oxygen atoms in total. The highest BCUT2D eigenvalue weighted by atomic mass is 19.2. The minimum Gasteiger partial charge on any atom is -0.396 e. The van der Waals surface area contributed by atoms with E-state index in [0.29, 0.717) is 6.54 Å². The molecule has 0 aliphatic heterocycles. The molecule has 1 aromatic carbocycles. The van der Waals surface area contributed by atoms with E-state index < -0.39 is 28.9 Å². The fourth-order valence-electron chi connectivity index (χ4n) is 2.81. The van der Waals surface area contributed by atoms with Gasteiger partial charge in [0.1, 0.15) is 0 Å². The molecule has 1 aromatic rings. The van der Waals surface area contributed by atoms with Crippen LogP contribution in [0.2, 0.25) is 0 Å². The SMILES string of the molecule is O=C(NCC1CCCCC1CO)c1ccc(F)c(F)c1F. The van der Waals surface area contributed by atoms with Gasteiger partial charge in [0.05, 0.1) is 5.56 Å². The topological polar surface area (TPSA) is 49.3 Å². The molecule has 0 saturated heterocycles. The van der Waals surface area contributed by atoms with E-state index in [2.05, 4.69) is 5.32 Å². The van der Waals surface area contributed by atoms with E-state index in [1.807, 2.05) is 0 Å². The van der Waals surface area contributed by atoms with Crippen LogP contribution in [0.15, 0.2) is 12.1 Å². The summed E-state index contributed by atoms with van der Waals surface area (Å²) >= 11 is 0. The predicted octanol–water partition coefficient (Wildman–Crippen LogP) is 2.63. The van der Waals surface area contributed by atoms with Gasteiger partial charge < -0.3 is 10.4 Å². The van der Waals surface area contributed by atoms with Crippen LogP contribution in [0.5, 0.6) is 0 Å². The molecule has 0 heterocycles. The Balaban J connectivity index is 2.00. The van der Waals surface area contributed by atoms with Gasteiger partial charge in [-0.2, -0.15) is 0 Å². The molecule has 2 N–H and O–H groups in total. The first-order chi connectivity index (χ1) is 10.0. The number of benzene rings is 1. The molecule has 2 rings (SSSR count). The number of halogens is 3. The minimum atomic E-state index is -1.64. The molecule has 21 heavy (non-hydrogen) atoms. The van der Waals surface area contributed by atoms with Crippen molar-refractivity contribution in [3.05, 3.63) is 35.1 Å².